The molecule has 1 saturated heterocycles. The van der Waals surface area contributed by atoms with E-state index in [-0.39, 0.29) is 11.8 Å². The number of amides is 1. The molecule has 0 radical (unpaired) electrons. The molecule has 104 valence electrons. The molecule has 0 aliphatic carbocycles. The quantitative estimate of drug-likeness (QED) is 0.875. The second kappa shape index (κ2) is 5.97. The molecule has 1 aliphatic heterocycles. The number of aromatic nitrogens is 2. The van der Waals surface area contributed by atoms with E-state index in [1.54, 1.807) is 0 Å². The molecule has 0 unspecified atom stereocenters. The normalized spacial score (nSPS) is 16.7. The van der Waals surface area contributed by atoms with Crippen molar-refractivity contribution in [2.24, 2.45) is 5.92 Å². The standard InChI is InChI=1S/C13H21N5O/c1-10(2)13(19)16-11-8-12(15-9-14-11)18-6-4-17(3)5-7-18/h8-10H,4-7H2,1-3H3,(H,14,15,16,19). The molecule has 0 aromatic carbocycles. The molecule has 1 aromatic rings. The van der Waals surface area contributed by atoms with Gasteiger partial charge in [-0.15, -0.1) is 0 Å². The molecule has 1 N–H and O–H groups in total. The van der Waals surface area contributed by atoms with Crippen LogP contribution in [0.25, 0.3) is 0 Å². The summed E-state index contributed by atoms with van der Waals surface area (Å²) in [4.78, 5) is 24.5. The van der Waals surface area contributed by atoms with E-state index in [1.165, 1.54) is 6.33 Å². The van der Waals surface area contributed by atoms with E-state index in [4.69, 9.17) is 0 Å². The molecule has 2 heterocycles. The number of hydrogen-bond donors (Lipinski definition) is 1. The smallest absolute Gasteiger partial charge is 0.228 e. The van der Waals surface area contributed by atoms with Gasteiger partial charge in [-0.2, -0.15) is 0 Å². The second-order valence-corrected chi connectivity index (χ2v) is 5.20. The predicted molar refractivity (Wildman–Crippen MR) is 75.2 cm³/mol. The van der Waals surface area contributed by atoms with Crippen molar-refractivity contribution < 1.29 is 4.79 Å². The number of piperazine rings is 1. The monoisotopic (exact) mass is 263 g/mol. The largest absolute Gasteiger partial charge is 0.354 e. The van der Waals surface area contributed by atoms with Gasteiger partial charge in [0.25, 0.3) is 0 Å². The lowest BCUT2D eigenvalue weighted by atomic mass is 10.2. The summed E-state index contributed by atoms with van der Waals surface area (Å²) in [5, 5.41) is 2.80. The van der Waals surface area contributed by atoms with Gasteiger partial charge in [-0.3, -0.25) is 4.79 Å². The van der Waals surface area contributed by atoms with Crippen LogP contribution >= 0.6 is 0 Å². The molecule has 2 rings (SSSR count). The number of carbonyl (C=O) groups excluding carboxylic acids is 1. The Morgan fingerprint density at radius 1 is 1.26 bits per heavy atom. The summed E-state index contributed by atoms with van der Waals surface area (Å²) in [5.74, 6) is 1.37. The number of likely N-dealkylation sites (N-methyl/N-ethyl adjacent to an activating group) is 1. The van der Waals surface area contributed by atoms with Crippen LogP contribution in [0.1, 0.15) is 13.8 Å². The van der Waals surface area contributed by atoms with Crippen LogP contribution in [-0.4, -0.2) is 54.0 Å². The summed E-state index contributed by atoms with van der Waals surface area (Å²) >= 11 is 0. The Balaban J connectivity index is 2.04. The lowest BCUT2D eigenvalue weighted by Gasteiger charge is -2.33. The van der Waals surface area contributed by atoms with Crippen molar-refractivity contribution in [2.75, 3.05) is 43.4 Å². The Bertz CT molecular complexity index is 440. The summed E-state index contributed by atoms with van der Waals surface area (Å²) in [5.41, 5.74) is 0. The van der Waals surface area contributed by atoms with E-state index in [9.17, 15) is 4.79 Å². The number of rotatable bonds is 3. The van der Waals surface area contributed by atoms with Crippen molar-refractivity contribution in [1.29, 1.82) is 0 Å². The average molecular weight is 263 g/mol. The van der Waals surface area contributed by atoms with Gasteiger partial charge in [0, 0.05) is 38.2 Å². The minimum absolute atomic E-state index is 0.0250. The van der Waals surface area contributed by atoms with E-state index in [2.05, 4.69) is 32.1 Å². The molecule has 6 heteroatoms. The molecule has 0 spiro atoms. The fourth-order valence-corrected chi connectivity index (χ4v) is 1.89. The first kappa shape index (κ1) is 13.7. The van der Waals surface area contributed by atoms with E-state index >= 15 is 0 Å². The van der Waals surface area contributed by atoms with Gasteiger partial charge in [0.15, 0.2) is 0 Å². The SMILES string of the molecule is CC(C)C(=O)Nc1cc(N2CCN(C)CC2)ncn1. The molecule has 1 fully saturated rings. The molecule has 1 amide bonds. The van der Waals surface area contributed by atoms with Crippen molar-refractivity contribution >= 4 is 17.5 Å². The van der Waals surface area contributed by atoms with Crippen LogP contribution in [0.15, 0.2) is 12.4 Å². The van der Waals surface area contributed by atoms with E-state index in [0.29, 0.717) is 5.82 Å². The maximum absolute atomic E-state index is 11.7. The summed E-state index contributed by atoms with van der Waals surface area (Å²) in [6.07, 6.45) is 1.50. The molecular weight excluding hydrogens is 242 g/mol. The number of anilines is 2. The zero-order valence-electron chi connectivity index (χ0n) is 11.8. The Morgan fingerprint density at radius 2 is 1.95 bits per heavy atom. The Kier molecular flexibility index (Phi) is 4.31. The third-order valence-corrected chi connectivity index (χ3v) is 3.26. The highest BCUT2D eigenvalue weighted by Crippen LogP contribution is 2.16. The third kappa shape index (κ3) is 3.64. The Morgan fingerprint density at radius 3 is 2.58 bits per heavy atom. The van der Waals surface area contributed by atoms with Crippen molar-refractivity contribution in [3.05, 3.63) is 12.4 Å². The first-order chi connectivity index (χ1) is 9.06. The van der Waals surface area contributed by atoms with Gasteiger partial charge >= 0.3 is 0 Å². The topological polar surface area (TPSA) is 61.4 Å². The van der Waals surface area contributed by atoms with Crippen molar-refractivity contribution in [3.8, 4) is 0 Å². The molecule has 1 aromatic heterocycles. The minimum atomic E-state index is -0.0537. The molecule has 0 saturated carbocycles. The van der Waals surface area contributed by atoms with Gasteiger partial charge in [-0.1, -0.05) is 13.8 Å². The Hall–Kier alpha value is -1.69. The summed E-state index contributed by atoms with van der Waals surface area (Å²) in [6.45, 7) is 7.67. The number of hydrogen-bond acceptors (Lipinski definition) is 5. The summed E-state index contributed by atoms with van der Waals surface area (Å²) < 4.78 is 0. The maximum atomic E-state index is 11.7. The van der Waals surface area contributed by atoms with Crippen LogP contribution in [-0.2, 0) is 4.79 Å². The van der Waals surface area contributed by atoms with Crippen LogP contribution in [0, 0.1) is 5.92 Å². The number of carbonyl (C=O) groups is 1. The van der Waals surface area contributed by atoms with Gasteiger partial charge < -0.3 is 15.1 Å². The summed E-state index contributed by atoms with van der Waals surface area (Å²) in [7, 11) is 2.12. The lowest BCUT2D eigenvalue weighted by molar-refractivity contribution is -0.118. The highest BCUT2D eigenvalue weighted by molar-refractivity contribution is 5.91. The van der Waals surface area contributed by atoms with Crippen LogP contribution in [0.3, 0.4) is 0 Å². The third-order valence-electron chi connectivity index (χ3n) is 3.26. The zero-order chi connectivity index (χ0) is 13.8. The van der Waals surface area contributed by atoms with E-state index in [1.807, 2.05) is 19.9 Å². The lowest BCUT2D eigenvalue weighted by Crippen LogP contribution is -2.44. The van der Waals surface area contributed by atoms with Crippen molar-refractivity contribution in [2.45, 2.75) is 13.8 Å². The minimum Gasteiger partial charge on any atom is -0.354 e. The van der Waals surface area contributed by atoms with Crippen LogP contribution in [0.2, 0.25) is 0 Å². The van der Waals surface area contributed by atoms with Crippen molar-refractivity contribution in [3.63, 3.8) is 0 Å². The number of nitrogens with one attached hydrogen (secondary N) is 1. The van der Waals surface area contributed by atoms with Gasteiger partial charge in [0.1, 0.15) is 18.0 Å². The van der Waals surface area contributed by atoms with E-state index in [0.717, 1.165) is 32.0 Å². The van der Waals surface area contributed by atoms with Crippen LogP contribution < -0.4 is 10.2 Å². The fraction of sp³-hybridized carbons (Fsp3) is 0.615. The average Bonchev–Trinajstić information content (AvgIpc) is 2.39. The molecule has 6 nitrogen and oxygen atoms in total. The highest BCUT2D eigenvalue weighted by atomic mass is 16.1. The molecular formula is C13H21N5O. The maximum Gasteiger partial charge on any atom is 0.228 e. The summed E-state index contributed by atoms with van der Waals surface area (Å²) in [6, 6.07) is 1.84. The van der Waals surface area contributed by atoms with Crippen molar-refractivity contribution in [1.82, 2.24) is 14.9 Å². The van der Waals surface area contributed by atoms with E-state index < -0.39 is 0 Å². The van der Waals surface area contributed by atoms with Gasteiger partial charge in [0.05, 0.1) is 0 Å². The number of nitrogens with zero attached hydrogens (tertiary/aromatic N) is 4. The predicted octanol–water partition coefficient (Wildman–Crippen LogP) is 0.823. The fourth-order valence-electron chi connectivity index (χ4n) is 1.89. The van der Waals surface area contributed by atoms with Gasteiger partial charge in [-0.25, -0.2) is 9.97 Å². The molecule has 19 heavy (non-hydrogen) atoms. The molecule has 0 bridgehead atoms. The first-order valence-electron chi connectivity index (χ1n) is 6.62. The first-order valence-corrected chi connectivity index (χ1v) is 6.62. The van der Waals surface area contributed by atoms with Gasteiger partial charge in [0.2, 0.25) is 5.91 Å². The molecule has 1 aliphatic rings. The highest BCUT2D eigenvalue weighted by Gasteiger charge is 2.16. The second-order valence-electron chi connectivity index (χ2n) is 5.20. The Labute approximate surface area is 113 Å². The zero-order valence-corrected chi connectivity index (χ0v) is 11.8. The molecule has 0 atom stereocenters. The van der Waals surface area contributed by atoms with Crippen LogP contribution in [0.4, 0.5) is 11.6 Å². The van der Waals surface area contributed by atoms with Crippen LogP contribution in [0.5, 0.6) is 0 Å². The van der Waals surface area contributed by atoms with Gasteiger partial charge in [-0.05, 0) is 7.05 Å².